The zero-order valence-electron chi connectivity index (χ0n) is 8.12. The molecule has 0 aromatic rings. The lowest BCUT2D eigenvalue weighted by molar-refractivity contribution is 0.0458. The molecule has 0 saturated carbocycles. The van der Waals surface area contributed by atoms with Gasteiger partial charge in [0.2, 0.25) is 0 Å². The minimum Gasteiger partial charge on any atom is -0.393 e. The van der Waals surface area contributed by atoms with Gasteiger partial charge in [0.1, 0.15) is 0 Å². The van der Waals surface area contributed by atoms with Crippen molar-refractivity contribution < 1.29 is 9.84 Å². The van der Waals surface area contributed by atoms with Crippen LogP contribution in [0.4, 0.5) is 0 Å². The Labute approximate surface area is 74.9 Å². The first-order chi connectivity index (χ1) is 5.68. The number of hydrogen-bond donors (Lipinski definition) is 1. The topological polar surface area (TPSA) is 29.5 Å². The molecule has 1 saturated heterocycles. The summed E-state index contributed by atoms with van der Waals surface area (Å²) in [5.74, 6) is 0.585. The van der Waals surface area contributed by atoms with Gasteiger partial charge in [-0.15, -0.1) is 0 Å². The molecule has 0 aromatic carbocycles. The molecule has 2 atom stereocenters. The van der Waals surface area contributed by atoms with Crippen LogP contribution in [0.3, 0.4) is 0 Å². The number of hydrogen-bond acceptors (Lipinski definition) is 2. The molecule has 1 aliphatic rings. The summed E-state index contributed by atoms with van der Waals surface area (Å²) in [6.07, 6.45) is 4.21. The first kappa shape index (κ1) is 10.0. The maximum Gasteiger partial charge on any atom is 0.0600 e. The van der Waals surface area contributed by atoms with Gasteiger partial charge in [0, 0.05) is 6.61 Å². The first-order valence-corrected chi connectivity index (χ1v) is 4.98. The third-order valence-corrected chi connectivity index (χ3v) is 2.30. The third kappa shape index (κ3) is 3.55. The lowest BCUT2D eigenvalue weighted by Gasteiger charge is -2.16. The van der Waals surface area contributed by atoms with Crippen molar-refractivity contribution in [3.05, 3.63) is 0 Å². The molecular weight excluding hydrogens is 152 g/mol. The summed E-state index contributed by atoms with van der Waals surface area (Å²) in [5.41, 5.74) is 0. The van der Waals surface area contributed by atoms with Crippen LogP contribution >= 0.6 is 0 Å². The number of aliphatic hydroxyl groups is 1. The maximum absolute atomic E-state index is 9.60. The van der Waals surface area contributed by atoms with E-state index in [0.29, 0.717) is 12.0 Å². The zero-order valence-corrected chi connectivity index (χ0v) is 8.12. The smallest absolute Gasteiger partial charge is 0.0600 e. The molecule has 1 rings (SSSR count). The van der Waals surface area contributed by atoms with E-state index in [4.69, 9.17) is 4.74 Å². The van der Waals surface area contributed by atoms with E-state index in [1.54, 1.807) is 0 Å². The number of rotatable bonds is 4. The van der Waals surface area contributed by atoms with Gasteiger partial charge in [0.25, 0.3) is 0 Å². The second-order valence-electron chi connectivity index (χ2n) is 4.15. The molecule has 0 aliphatic carbocycles. The Morgan fingerprint density at radius 1 is 1.50 bits per heavy atom. The largest absolute Gasteiger partial charge is 0.393 e. The van der Waals surface area contributed by atoms with Crippen molar-refractivity contribution in [2.24, 2.45) is 5.92 Å². The predicted octanol–water partition coefficient (Wildman–Crippen LogP) is 1.96. The van der Waals surface area contributed by atoms with Crippen LogP contribution in [0.15, 0.2) is 0 Å². The molecule has 0 radical (unpaired) electrons. The normalized spacial score (nSPS) is 26.5. The lowest BCUT2D eigenvalue weighted by atomic mass is 10.0. The molecule has 1 fully saturated rings. The molecule has 2 unspecified atom stereocenters. The molecule has 1 heterocycles. The van der Waals surface area contributed by atoms with E-state index in [0.717, 1.165) is 25.9 Å². The van der Waals surface area contributed by atoms with Gasteiger partial charge in [-0.3, -0.25) is 0 Å². The standard InChI is InChI=1S/C10H20O2/c1-8(2)6-9(11)7-10-4-3-5-12-10/h8-11H,3-7H2,1-2H3. The third-order valence-electron chi connectivity index (χ3n) is 2.30. The van der Waals surface area contributed by atoms with Crippen molar-refractivity contribution in [2.75, 3.05) is 6.61 Å². The van der Waals surface area contributed by atoms with Gasteiger partial charge < -0.3 is 9.84 Å². The molecule has 2 nitrogen and oxygen atoms in total. The maximum atomic E-state index is 9.60. The summed E-state index contributed by atoms with van der Waals surface area (Å²) < 4.78 is 5.45. The predicted molar refractivity (Wildman–Crippen MR) is 49.1 cm³/mol. The summed E-state index contributed by atoms with van der Waals surface area (Å²) in [7, 11) is 0. The highest BCUT2D eigenvalue weighted by Gasteiger charge is 2.19. The Kier molecular flexibility index (Phi) is 4.02. The Balaban J connectivity index is 2.11. The minimum atomic E-state index is -0.159. The molecule has 0 spiro atoms. The van der Waals surface area contributed by atoms with Crippen molar-refractivity contribution in [2.45, 2.75) is 51.7 Å². The quantitative estimate of drug-likeness (QED) is 0.702. The van der Waals surface area contributed by atoms with Gasteiger partial charge in [-0.25, -0.2) is 0 Å². The van der Waals surface area contributed by atoms with Gasteiger partial charge in [-0.2, -0.15) is 0 Å². The van der Waals surface area contributed by atoms with Crippen LogP contribution in [0.2, 0.25) is 0 Å². The number of aliphatic hydroxyl groups excluding tert-OH is 1. The van der Waals surface area contributed by atoms with Crippen LogP contribution in [0.25, 0.3) is 0 Å². The zero-order chi connectivity index (χ0) is 8.97. The first-order valence-electron chi connectivity index (χ1n) is 4.98. The van der Waals surface area contributed by atoms with Crippen LogP contribution in [-0.2, 0) is 4.74 Å². The highest BCUT2D eigenvalue weighted by atomic mass is 16.5. The van der Waals surface area contributed by atoms with Crippen LogP contribution in [0.5, 0.6) is 0 Å². The minimum absolute atomic E-state index is 0.159. The van der Waals surface area contributed by atoms with Crippen molar-refractivity contribution in [1.82, 2.24) is 0 Å². The number of ether oxygens (including phenoxy) is 1. The van der Waals surface area contributed by atoms with Gasteiger partial charge in [0.05, 0.1) is 12.2 Å². The fourth-order valence-electron chi connectivity index (χ4n) is 1.77. The van der Waals surface area contributed by atoms with Crippen molar-refractivity contribution in [1.29, 1.82) is 0 Å². The average molecular weight is 172 g/mol. The summed E-state index contributed by atoms with van der Waals surface area (Å²) in [4.78, 5) is 0. The Bertz CT molecular complexity index is 117. The Morgan fingerprint density at radius 3 is 2.75 bits per heavy atom. The molecule has 72 valence electrons. The summed E-state index contributed by atoms with van der Waals surface area (Å²) in [5, 5.41) is 9.60. The molecule has 1 N–H and O–H groups in total. The SMILES string of the molecule is CC(C)CC(O)CC1CCCO1. The van der Waals surface area contributed by atoms with Crippen LogP contribution in [0, 0.1) is 5.92 Å². The molecule has 2 heteroatoms. The van der Waals surface area contributed by atoms with Crippen LogP contribution in [-0.4, -0.2) is 23.9 Å². The van der Waals surface area contributed by atoms with E-state index in [9.17, 15) is 5.11 Å². The van der Waals surface area contributed by atoms with E-state index in [-0.39, 0.29) is 6.10 Å². The van der Waals surface area contributed by atoms with Crippen molar-refractivity contribution in [3.63, 3.8) is 0 Å². The van der Waals surface area contributed by atoms with Crippen LogP contribution < -0.4 is 0 Å². The van der Waals surface area contributed by atoms with E-state index < -0.39 is 0 Å². The summed E-state index contributed by atoms with van der Waals surface area (Å²) in [6.45, 7) is 5.16. The van der Waals surface area contributed by atoms with Gasteiger partial charge in [0.15, 0.2) is 0 Å². The monoisotopic (exact) mass is 172 g/mol. The summed E-state index contributed by atoms with van der Waals surface area (Å²) in [6, 6.07) is 0. The summed E-state index contributed by atoms with van der Waals surface area (Å²) >= 11 is 0. The fourth-order valence-corrected chi connectivity index (χ4v) is 1.77. The van der Waals surface area contributed by atoms with Gasteiger partial charge in [-0.1, -0.05) is 13.8 Å². The van der Waals surface area contributed by atoms with E-state index in [1.165, 1.54) is 6.42 Å². The Hall–Kier alpha value is -0.0800. The van der Waals surface area contributed by atoms with E-state index in [1.807, 2.05) is 0 Å². The van der Waals surface area contributed by atoms with Crippen molar-refractivity contribution >= 4 is 0 Å². The molecule has 0 amide bonds. The van der Waals surface area contributed by atoms with Gasteiger partial charge in [-0.05, 0) is 31.6 Å². The molecular formula is C10H20O2. The molecule has 1 aliphatic heterocycles. The van der Waals surface area contributed by atoms with Gasteiger partial charge >= 0.3 is 0 Å². The molecule has 12 heavy (non-hydrogen) atoms. The Morgan fingerprint density at radius 2 is 2.25 bits per heavy atom. The highest BCUT2D eigenvalue weighted by Crippen LogP contribution is 2.19. The molecule has 0 aromatic heterocycles. The average Bonchev–Trinajstić information content (AvgIpc) is 2.37. The second-order valence-corrected chi connectivity index (χ2v) is 4.15. The van der Waals surface area contributed by atoms with E-state index in [2.05, 4.69) is 13.8 Å². The van der Waals surface area contributed by atoms with Crippen molar-refractivity contribution in [3.8, 4) is 0 Å². The lowest BCUT2D eigenvalue weighted by Crippen LogP contribution is -2.18. The second kappa shape index (κ2) is 4.83. The van der Waals surface area contributed by atoms with Crippen LogP contribution in [0.1, 0.15) is 39.5 Å². The van der Waals surface area contributed by atoms with E-state index >= 15 is 0 Å². The molecule has 0 bridgehead atoms. The highest BCUT2D eigenvalue weighted by molar-refractivity contribution is 4.70. The fraction of sp³-hybridized carbons (Fsp3) is 1.00.